The Morgan fingerprint density at radius 3 is 1.95 bits per heavy atom. The van der Waals surface area contributed by atoms with Crippen LogP contribution >= 0.6 is 0 Å². The molecule has 6 nitrogen and oxygen atoms in total. The number of carbonyl (C=O) groups is 1. The van der Waals surface area contributed by atoms with Gasteiger partial charge in [0.2, 0.25) is 0 Å². The molecule has 0 aromatic heterocycles. The van der Waals surface area contributed by atoms with Gasteiger partial charge in [-0.2, -0.15) is 0 Å². The summed E-state index contributed by atoms with van der Waals surface area (Å²) >= 11 is 0. The van der Waals surface area contributed by atoms with Crippen molar-refractivity contribution < 1.29 is 17.9 Å². The van der Waals surface area contributed by atoms with Crippen LogP contribution in [-0.4, -0.2) is 28.5 Å². The molecule has 4 saturated carbocycles. The Morgan fingerprint density at radius 2 is 1.39 bits per heavy atom. The van der Waals surface area contributed by atoms with Crippen LogP contribution in [0.1, 0.15) is 53.9 Å². The zero-order valence-corrected chi connectivity index (χ0v) is 22.7. The number of hydrogen-bond donors (Lipinski definition) is 1. The van der Waals surface area contributed by atoms with Gasteiger partial charge in [-0.15, -0.1) is 0 Å². The van der Waals surface area contributed by atoms with Crippen LogP contribution in [-0.2, 0) is 10.0 Å². The summed E-state index contributed by atoms with van der Waals surface area (Å²) in [5, 5.41) is 2.99. The zero-order chi connectivity index (χ0) is 26.4. The number of ether oxygens (including phenoxy) is 1. The van der Waals surface area contributed by atoms with Gasteiger partial charge in [-0.05, 0) is 128 Å². The highest BCUT2D eigenvalue weighted by atomic mass is 32.2. The van der Waals surface area contributed by atoms with Crippen LogP contribution in [0.5, 0.6) is 5.75 Å². The molecule has 7 heteroatoms. The summed E-state index contributed by atoms with van der Waals surface area (Å²) in [5.74, 6) is 4.62. The largest absolute Gasteiger partial charge is 0.497 e. The van der Waals surface area contributed by atoms with Crippen molar-refractivity contribution in [1.29, 1.82) is 0 Å². The Bertz CT molecular complexity index is 1390. The zero-order valence-electron chi connectivity index (χ0n) is 21.8. The van der Waals surface area contributed by atoms with Crippen molar-refractivity contribution in [3.05, 3.63) is 83.9 Å². The first-order chi connectivity index (χ1) is 18.3. The number of benzene rings is 3. The summed E-state index contributed by atoms with van der Waals surface area (Å²) in [6, 6.07) is 21.3. The molecule has 38 heavy (non-hydrogen) atoms. The van der Waals surface area contributed by atoms with E-state index in [1.807, 2.05) is 12.1 Å². The van der Waals surface area contributed by atoms with Crippen molar-refractivity contribution in [2.24, 2.45) is 23.7 Å². The van der Waals surface area contributed by atoms with Gasteiger partial charge in [-0.1, -0.05) is 12.1 Å². The number of methoxy groups -OCH3 is 1. The van der Waals surface area contributed by atoms with Crippen LogP contribution in [0.25, 0.3) is 0 Å². The van der Waals surface area contributed by atoms with E-state index < -0.39 is 10.0 Å². The number of rotatable bonds is 7. The molecule has 3 aromatic carbocycles. The molecule has 3 aromatic rings. The molecule has 0 aliphatic heterocycles. The summed E-state index contributed by atoms with van der Waals surface area (Å²) in [4.78, 5) is 13.1. The van der Waals surface area contributed by atoms with E-state index >= 15 is 0 Å². The molecule has 0 radical (unpaired) electrons. The topological polar surface area (TPSA) is 75.7 Å². The van der Waals surface area contributed by atoms with Crippen molar-refractivity contribution in [3.8, 4) is 5.75 Å². The van der Waals surface area contributed by atoms with E-state index in [0.717, 1.165) is 29.4 Å². The van der Waals surface area contributed by atoms with Crippen LogP contribution in [0.2, 0.25) is 0 Å². The lowest BCUT2D eigenvalue weighted by Gasteiger charge is -2.54. The predicted octanol–water partition coefficient (Wildman–Crippen LogP) is 6.31. The molecule has 1 amide bonds. The van der Waals surface area contributed by atoms with Gasteiger partial charge in [0.05, 0.1) is 17.7 Å². The maximum absolute atomic E-state index is 13.0. The monoisotopic (exact) mass is 530 g/mol. The van der Waals surface area contributed by atoms with Crippen LogP contribution in [0, 0.1) is 23.7 Å². The average molecular weight is 531 g/mol. The van der Waals surface area contributed by atoms with Crippen LogP contribution in [0.4, 0.5) is 11.4 Å². The number of sulfonamides is 1. The second-order valence-corrected chi connectivity index (χ2v) is 13.2. The Hall–Kier alpha value is -3.32. The normalized spacial score (nSPS) is 25.7. The van der Waals surface area contributed by atoms with E-state index in [2.05, 4.69) is 17.4 Å². The third kappa shape index (κ3) is 4.57. The molecule has 1 N–H and O–H groups in total. The van der Waals surface area contributed by atoms with Crippen molar-refractivity contribution in [2.75, 3.05) is 23.8 Å². The average Bonchev–Trinajstić information content (AvgIpc) is 2.93. The highest BCUT2D eigenvalue weighted by Gasteiger charge is 2.48. The third-order valence-electron chi connectivity index (χ3n) is 8.99. The minimum atomic E-state index is -3.74. The molecule has 4 bridgehead atoms. The van der Waals surface area contributed by atoms with Gasteiger partial charge in [0.15, 0.2) is 0 Å². The second-order valence-electron chi connectivity index (χ2n) is 11.2. The maximum atomic E-state index is 13.0. The standard InChI is InChI=1S/C31H34N2O4S/c1-33(38(35,36)29-13-11-28(37-2)12-14-29)27-9-5-23(6-10-27)31(34)32-26-7-3-22(4-8-26)30-24-16-20-15-21(18-24)19-25(30)17-20/h3-14,20-21,24-25,30H,15-19H2,1-2H3,(H,32,34). The van der Waals surface area contributed by atoms with Crippen LogP contribution in [0.15, 0.2) is 77.7 Å². The molecule has 4 aliphatic rings. The van der Waals surface area contributed by atoms with Gasteiger partial charge in [0.1, 0.15) is 5.75 Å². The number of carbonyl (C=O) groups excluding carboxylic acids is 1. The SMILES string of the molecule is COc1ccc(S(=O)(=O)N(C)c2ccc(C(=O)Nc3ccc(C4C5CC6CC(C5)CC4C6)cc3)cc2)cc1. The van der Waals surface area contributed by atoms with Crippen LogP contribution < -0.4 is 14.4 Å². The second kappa shape index (κ2) is 9.77. The summed E-state index contributed by atoms with van der Waals surface area (Å²) in [7, 11) is -0.708. The van der Waals surface area contributed by atoms with Gasteiger partial charge < -0.3 is 10.1 Å². The molecular formula is C31H34N2O4S. The fraction of sp³-hybridized carbons (Fsp3) is 0.387. The highest BCUT2D eigenvalue weighted by Crippen LogP contribution is 2.59. The van der Waals surface area contributed by atoms with E-state index in [9.17, 15) is 13.2 Å². The summed E-state index contributed by atoms with van der Waals surface area (Å²) < 4.78 is 32.4. The molecule has 198 valence electrons. The van der Waals surface area contributed by atoms with Crippen molar-refractivity contribution in [2.45, 2.75) is 42.9 Å². The van der Waals surface area contributed by atoms with Crippen molar-refractivity contribution in [1.82, 2.24) is 0 Å². The Kier molecular flexibility index (Phi) is 6.42. The minimum Gasteiger partial charge on any atom is -0.497 e. The number of nitrogens with zero attached hydrogens (tertiary/aromatic N) is 1. The maximum Gasteiger partial charge on any atom is 0.264 e. The number of nitrogens with one attached hydrogen (secondary N) is 1. The molecule has 4 aliphatic carbocycles. The van der Waals surface area contributed by atoms with Crippen LogP contribution in [0.3, 0.4) is 0 Å². The molecular weight excluding hydrogens is 496 g/mol. The first kappa shape index (κ1) is 25.0. The lowest BCUT2D eigenvalue weighted by molar-refractivity contribution is -0.00277. The highest BCUT2D eigenvalue weighted by molar-refractivity contribution is 7.92. The molecule has 0 saturated heterocycles. The molecule has 4 fully saturated rings. The third-order valence-corrected chi connectivity index (χ3v) is 10.8. The first-order valence-electron chi connectivity index (χ1n) is 13.5. The Balaban J connectivity index is 1.11. The van der Waals surface area contributed by atoms with Gasteiger partial charge in [-0.25, -0.2) is 8.42 Å². The lowest BCUT2D eigenvalue weighted by Crippen LogP contribution is -2.43. The van der Waals surface area contributed by atoms with Gasteiger partial charge >= 0.3 is 0 Å². The minimum absolute atomic E-state index is 0.166. The number of amides is 1. The molecule has 0 spiro atoms. The summed E-state index contributed by atoms with van der Waals surface area (Å²) in [6.07, 6.45) is 7.03. The van der Waals surface area contributed by atoms with Crippen molar-refractivity contribution >= 4 is 27.3 Å². The Morgan fingerprint density at radius 1 is 0.816 bits per heavy atom. The van der Waals surface area contributed by atoms with E-state index in [0.29, 0.717) is 22.9 Å². The Labute approximate surface area is 225 Å². The quantitative estimate of drug-likeness (QED) is 0.388. The molecule has 0 unspecified atom stereocenters. The summed E-state index contributed by atoms with van der Waals surface area (Å²) in [6.45, 7) is 0. The van der Waals surface area contributed by atoms with E-state index in [1.54, 1.807) is 36.4 Å². The van der Waals surface area contributed by atoms with E-state index in [-0.39, 0.29) is 10.8 Å². The van der Waals surface area contributed by atoms with Crippen molar-refractivity contribution in [3.63, 3.8) is 0 Å². The summed E-state index contributed by atoms with van der Waals surface area (Å²) in [5.41, 5.74) is 3.12. The fourth-order valence-electron chi connectivity index (χ4n) is 7.33. The molecule has 0 heterocycles. The van der Waals surface area contributed by atoms with E-state index in [4.69, 9.17) is 4.74 Å². The smallest absolute Gasteiger partial charge is 0.264 e. The number of hydrogen-bond acceptors (Lipinski definition) is 4. The van der Waals surface area contributed by atoms with Gasteiger partial charge in [0.25, 0.3) is 15.9 Å². The molecule has 7 rings (SSSR count). The van der Waals surface area contributed by atoms with Gasteiger partial charge in [0, 0.05) is 18.3 Å². The number of anilines is 2. The van der Waals surface area contributed by atoms with E-state index in [1.165, 1.54) is 68.3 Å². The first-order valence-corrected chi connectivity index (χ1v) is 14.9. The predicted molar refractivity (Wildman–Crippen MR) is 149 cm³/mol. The lowest BCUT2D eigenvalue weighted by atomic mass is 9.51. The fourth-order valence-corrected chi connectivity index (χ4v) is 8.52. The van der Waals surface area contributed by atoms with Gasteiger partial charge in [-0.3, -0.25) is 9.10 Å². The molecule has 0 atom stereocenters.